The van der Waals surface area contributed by atoms with Crippen molar-refractivity contribution in [2.45, 2.75) is 0 Å². The van der Waals surface area contributed by atoms with E-state index in [1.807, 2.05) is 0 Å². The third-order valence-electron chi connectivity index (χ3n) is 0. The summed E-state index contributed by atoms with van der Waals surface area (Å²) in [5.74, 6) is 0. The van der Waals surface area contributed by atoms with Crippen LogP contribution in [0.1, 0.15) is 0 Å². The van der Waals surface area contributed by atoms with Gasteiger partial charge in [-0.1, -0.05) is 0 Å². The predicted octanol–water partition coefficient (Wildman–Crippen LogP) is -0.949. The first kappa shape index (κ1) is 20.2. The molecule has 0 aliphatic rings. The number of hydrogen-bond acceptors (Lipinski definition) is 1. The predicted molar refractivity (Wildman–Crippen MR) is 4.30 cm³/mol. The van der Waals surface area contributed by atoms with Gasteiger partial charge in [-0.3, -0.25) is 0 Å². The van der Waals surface area contributed by atoms with Crippen LogP contribution in [-0.4, -0.2) is 5.48 Å². The monoisotopic (exact) mass is 140 g/mol. The van der Waals surface area contributed by atoms with Gasteiger partial charge in [0.25, 0.3) is 0 Å². The second-order valence-corrected chi connectivity index (χ2v) is 0. The molecule has 0 rings (SSSR count). The maximum absolute atomic E-state index is 8.25. The Hall–Kier alpha value is 0.968. The maximum atomic E-state index is 8.25. The van der Waals surface area contributed by atoms with Crippen LogP contribution in [0.3, 0.4) is 0 Å². The molecule has 4 heteroatoms. The summed E-state index contributed by atoms with van der Waals surface area (Å²) in [6.07, 6.45) is 0. The molecule has 0 amide bonds. The SMILES string of the molecule is O.[Ni].[O]=[Ti]. The number of rotatable bonds is 0. The van der Waals surface area contributed by atoms with Gasteiger partial charge in [0.05, 0.1) is 0 Å². The first-order valence-corrected chi connectivity index (χ1v) is 0.842. The van der Waals surface area contributed by atoms with Gasteiger partial charge < -0.3 is 5.48 Å². The zero-order valence-electron chi connectivity index (χ0n) is 1.72. The van der Waals surface area contributed by atoms with E-state index in [1.165, 1.54) is 0 Å². The molecule has 2 N–H and O–H groups in total. The van der Waals surface area contributed by atoms with E-state index in [1.54, 1.807) is 0 Å². The number of hydrogen-bond donors (Lipinski definition) is 0. The van der Waals surface area contributed by atoms with Gasteiger partial charge in [-0.15, -0.1) is 0 Å². The Morgan fingerprint density at radius 1 is 1.25 bits per heavy atom. The van der Waals surface area contributed by atoms with Crippen molar-refractivity contribution in [1.82, 2.24) is 0 Å². The Kier molecular flexibility index (Phi) is 188. The quantitative estimate of drug-likeness (QED) is 0.401. The van der Waals surface area contributed by atoms with Crippen molar-refractivity contribution in [3.05, 3.63) is 0 Å². The van der Waals surface area contributed by atoms with Gasteiger partial charge in [0.1, 0.15) is 0 Å². The summed E-state index contributed by atoms with van der Waals surface area (Å²) in [7, 11) is 0. The van der Waals surface area contributed by atoms with Crippen molar-refractivity contribution >= 4 is 0 Å². The second kappa shape index (κ2) is 37.3. The molecule has 0 heterocycles. The molecule has 2 nitrogen and oxygen atoms in total. The van der Waals surface area contributed by atoms with Crippen molar-refractivity contribution in [1.29, 1.82) is 0 Å². The summed E-state index contributed by atoms with van der Waals surface area (Å²) < 4.78 is 8.25. The normalized spacial score (nSPS) is 0.750. The van der Waals surface area contributed by atoms with Gasteiger partial charge in [0.2, 0.25) is 0 Å². The van der Waals surface area contributed by atoms with Crippen LogP contribution in [0.4, 0.5) is 0 Å². The minimum atomic E-state index is 0. The Morgan fingerprint density at radius 3 is 1.25 bits per heavy atom. The zero-order valence-corrected chi connectivity index (χ0v) is 4.27. The van der Waals surface area contributed by atoms with Crippen molar-refractivity contribution in [2.75, 3.05) is 0 Å². The molecule has 28 valence electrons. The summed E-state index contributed by atoms with van der Waals surface area (Å²) in [6, 6.07) is 0. The molecule has 0 radical (unpaired) electrons. The van der Waals surface area contributed by atoms with Crippen molar-refractivity contribution in [2.24, 2.45) is 0 Å². The first-order valence-electron chi connectivity index (χ1n) is 0.204. The van der Waals surface area contributed by atoms with Crippen LogP contribution in [0.15, 0.2) is 0 Å². The standard InChI is InChI=1S/Ni.H2O.O.Ti/h;1H2;;. The molecule has 0 aromatic carbocycles. The molecule has 0 bridgehead atoms. The van der Waals surface area contributed by atoms with Gasteiger partial charge in [0.15, 0.2) is 0 Å². The summed E-state index contributed by atoms with van der Waals surface area (Å²) in [5.41, 5.74) is 0. The van der Waals surface area contributed by atoms with E-state index in [0.29, 0.717) is 0 Å². The van der Waals surface area contributed by atoms with Crippen LogP contribution in [0.5, 0.6) is 0 Å². The van der Waals surface area contributed by atoms with Gasteiger partial charge in [-0.2, -0.15) is 0 Å². The van der Waals surface area contributed by atoms with Crippen LogP contribution in [0.25, 0.3) is 0 Å². The molecule has 0 spiro atoms. The fourth-order valence-corrected chi connectivity index (χ4v) is 0. The summed E-state index contributed by atoms with van der Waals surface area (Å²) in [5, 5.41) is 0. The molecule has 0 atom stereocenters. The minimum absolute atomic E-state index is 0. The molecule has 0 aromatic rings. The van der Waals surface area contributed by atoms with Crippen LogP contribution < -0.4 is 0 Å². The summed E-state index contributed by atoms with van der Waals surface area (Å²) in [4.78, 5) is 0. The molecule has 0 aliphatic heterocycles. The fourth-order valence-electron chi connectivity index (χ4n) is 0. The average molecular weight is 141 g/mol. The average Bonchev–Trinajstić information content (AvgIpc) is 1.00. The first-order chi connectivity index (χ1) is 1.00. The van der Waals surface area contributed by atoms with Crippen molar-refractivity contribution in [3.8, 4) is 0 Å². The van der Waals surface area contributed by atoms with Gasteiger partial charge in [-0.25, -0.2) is 0 Å². The van der Waals surface area contributed by atoms with Crippen LogP contribution in [0.2, 0.25) is 0 Å². The topological polar surface area (TPSA) is 48.6 Å². The van der Waals surface area contributed by atoms with E-state index in [2.05, 4.69) is 0 Å². The molecular formula is H2NiO2Ti. The van der Waals surface area contributed by atoms with E-state index < -0.39 is 0 Å². The van der Waals surface area contributed by atoms with Crippen LogP contribution in [0, 0.1) is 0 Å². The summed E-state index contributed by atoms with van der Waals surface area (Å²) in [6.45, 7) is 0. The van der Waals surface area contributed by atoms with E-state index in [0.717, 1.165) is 20.4 Å². The van der Waals surface area contributed by atoms with E-state index in [4.69, 9.17) is 3.32 Å². The molecule has 4 heavy (non-hydrogen) atoms. The van der Waals surface area contributed by atoms with E-state index in [-0.39, 0.29) is 22.0 Å². The molecule has 0 aromatic heterocycles. The molecule has 0 saturated carbocycles. The third kappa shape index (κ3) is 12.3. The zero-order chi connectivity index (χ0) is 2.00. The molecular weight excluding hydrogens is 139 g/mol. The molecule has 0 aliphatic carbocycles. The Morgan fingerprint density at radius 2 is 1.25 bits per heavy atom. The molecule has 0 saturated heterocycles. The van der Waals surface area contributed by atoms with Gasteiger partial charge >= 0.3 is 23.7 Å². The Bertz CT molecular complexity index is 6.00. The second-order valence-electron chi connectivity index (χ2n) is 0. The van der Waals surface area contributed by atoms with Crippen molar-refractivity contribution in [3.63, 3.8) is 0 Å². The third-order valence-corrected chi connectivity index (χ3v) is 0. The molecule has 0 unspecified atom stereocenters. The molecule has 0 fully saturated rings. The van der Waals surface area contributed by atoms with Gasteiger partial charge in [0, 0.05) is 16.5 Å². The van der Waals surface area contributed by atoms with Gasteiger partial charge in [-0.05, 0) is 0 Å². The fraction of sp³-hybridized carbons (Fsp3) is 0. The van der Waals surface area contributed by atoms with Crippen molar-refractivity contribution < 1.29 is 45.7 Å². The van der Waals surface area contributed by atoms with E-state index >= 15 is 0 Å². The Labute approximate surface area is 45.9 Å². The Balaban J connectivity index is -0.00000000500. The summed E-state index contributed by atoms with van der Waals surface area (Å²) >= 11 is 0.750. The van der Waals surface area contributed by atoms with E-state index in [9.17, 15) is 0 Å². The van der Waals surface area contributed by atoms with Crippen LogP contribution in [-0.2, 0) is 40.2 Å². The van der Waals surface area contributed by atoms with Crippen LogP contribution >= 0.6 is 0 Å².